The molecule has 3 aromatic rings. The van der Waals surface area contributed by atoms with E-state index in [1.54, 1.807) is 6.07 Å². The van der Waals surface area contributed by atoms with Crippen molar-refractivity contribution in [2.24, 2.45) is 5.73 Å². The molecule has 1 aromatic heterocycles. The van der Waals surface area contributed by atoms with Crippen LogP contribution in [0.3, 0.4) is 0 Å². The van der Waals surface area contributed by atoms with Crippen molar-refractivity contribution in [3.63, 3.8) is 0 Å². The number of carbonyl (C=O) groups is 1. The molecule has 0 saturated heterocycles. The van der Waals surface area contributed by atoms with Crippen molar-refractivity contribution in [3.8, 4) is 5.69 Å². The second-order valence-corrected chi connectivity index (χ2v) is 5.80. The standard InChI is InChI=1S/C18H18N4O4/c1-26-18(23)14(19)8-10-17-20-15-11-13(22(24)25)7-9-16(15)21(17)12-5-3-2-4-6-12/h2-7,9,11,14H,8,10,19H2,1H3/t14-/m0/s1. The van der Waals surface area contributed by atoms with Gasteiger partial charge < -0.3 is 10.5 Å². The van der Waals surface area contributed by atoms with Crippen LogP contribution in [0, 0.1) is 10.1 Å². The Balaban J connectivity index is 2.05. The summed E-state index contributed by atoms with van der Waals surface area (Å²) < 4.78 is 6.57. The first kappa shape index (κ1) is 17.6. The molecule has 0 saturated carbocycles. The molecule has 8 nitrogen and oxygen atoms in total. The Labute approximate surface area is 149 Å². The van der Waals surface area contributed by atoms with Gasteiger partial charge in [0.1, 0.15) is 11.9 Å². The molecule has 0 aliphatic heterocycles. The lowest BCUT2D eigenvalue weighted by atomic mass is 10.1. The van der Waals surface area contributed by atoms with E-state index in [0.29, 0.717) is 24.2 Å². The highest BCUT2D eigenvalue weighted by Crippen LogP contribution is 2.26. The molecule has 8 heteroatoms. The number of benzene rings is 2. The number of rotatable bonds is 6. The van der Waals surface area contributed by atoms with Crippen molar-refractivity contribution in [2.45, 2.75) is 18.9 Å². The summed E-state index contributed by atoms with van der Waals surface area (Å²) in [6.45, 7) is 0. The number of non-ortho nitro benzene ring substituents is 1. The van der Waals surface area contributed by atoms with Crippen LogP contribution in [0.25, 0.3) is 16.7 Å². The molecule has 0 aliphatic carbocycles. The fourth-order valence-corrected chi connectivity index (χ4v) is 2.82. The van der Waals surface area contributed by atoms with Gasteiger partial charge in [0.2, 0.25) is 0 Å². The number of ether oxygens (including phenoxy) is 1. The molecule has 2 N–H and O–H groups in total. The summed E-state index contributed by atoms with van der Waals surface area (Å²) >= 11 is 0. The van der Waals surface area contributed by atoms with E-state index in [9.17, 15) is 14.9 Å². The van der Waals surface area contributed by atoms with E-state index in [1.165, 1.54) is 19.2 Å². The van der Waals surface area contributed by atoms with Gasteiger partial charge in [-0.1, -0.05) is 18.2 Å². The average Bonchev–Trinajstić information content (AvgIpc) is 3.03. The highest BCUT2D eigenvalue weighted by Gasteiger charge is 2.19. The molecule has 26 heavy (non-hydrogen) atoms. The topological polar surface area (TPSA) is 113 Å². The summed E-state index contributed by atoms with van der Waals surface area (Å²) in [5.41, 5.74) is 7.95. The summed E-state index contributed by atoms with van der Waals surface area (Å²) in [6, 6.07) is 13.4. The van der Waals surface area contributed by atoms with E-state index in [1.807, 2.05) is 34.9 Å². The Morgan fingerprint density at radius 2 is 2.04 bits per heavy atom. The molecule has 1 atom stereocenters. The third-order valence-electron chi connectivity index (χ3n) is 4.12. The number of aromatic nitrogens is 2. The summed E-state index contributed by atoms with van der Waals surface area (Å²) in [7, 11) is 1.29. The van der Waals surface area contributed by atoms with Crippen molar-refractivity contribution in [1.82, 2.24) is 9.55 Å². The Morgan fingerprint density at radius 1 is 1.31 bits per heavy atom. The van der Waals surface area contributed by atoms with E-state index in [0.717, 1.165) is 11.2 Å². The molecule has 0 amide bonds. The quantitative estimate of drug-likeness (QED) is 0.413. The molecule has 0 spiro atoms. The van der Waals surface area contributed by atoms with Crippen LogP contribution in [-0.4, -0.2) is 33.6 Å². The molecular formula is C18H18N4O4. The maximum atomic E-state index is 11.5. The van der Waals surface area contributed by atoms with Crippen molar-refractivity contribution < 1.29 is 14.5 Å². The molecule has 0 radical (unpaired) electrons. The Kier molecular flexibility index (Phi) is 4.94. The van der Waals surface area contributed by atoms with Crippen molar-refractivity contribution in [3.05, 3.63) is 64.5 Å². The summed E-state index contributed by atoms with van der Waals surface area (Å²) in [5.74, 6) is 0.189. The van der Waals surface area contributed by atoms with Crippen LogP contribution in [0.1, 0.15) is 12.2 Å². The Hall–Kier alpha value is -3.26. The third-order valence-corrected chi connectivity index (χ3v) is 4.12. The third kappa shape index (κ3) is 3.40. The highest BCUT2D eigenvalue weighted by molar-refractivity contribution is 5.81. The van der Waals surface area contributed by atoms with Crippen LogP contribution in [0.5, 0.6) is 0 Å². The van der Waals surface area contributed by atoms with Crippen molar-refractivity contribution in [1.29, 1.82) is 0 Å². The first-order valence-corrected chi connectivity index (χ1v) is 8.06. The van der Waals surface area contributed by atoms with Gasteiger partial charge in [-0.2, -0.15) is 0 Å². The van der Waals surface area contributed by atoms with Crippen molar-refractivity contribution in [2.75, 3.05) is 7.11 Å². The van der Waals surface area contributed by atoms with E-state index < -0.39 is 16.9 Å². The van der Waals surface area contributed by atoms with Crippen LogP contribution < -0.4 is 5.73 Å². The van der Waals surface area contributed by atoms with E-state index in [-0.39, 0.29) is 5.69 Å². The van der Waals surface area contributed by atoms with Crippen LogP contribution in [0.2, 0.25) is 0 Å². The van der Waals surface area contributed by atoms with E-state index >= 15 is 0 Å². The fraction of sp³-hybridized carbons (Fsp3) is 0.222. The van der Waals surface area contributed by atoms with Crippen LogP contribution in [0.4, 0.5) is 5.69 Å². The SMILES string of the molecule is COC(=O)[C@@H](N)CCc1nc2cc([N+](=O)[O-])ccc2n1-c1ccccc1. The van der Waals surface area contributed by atoms with Gasteiger partial charge in [0.25, 0.3) is 5.69 Å². The number of nitro groups is 1. The Morgan fingerprint density at radius 3 is 2.69 bits per heavy atom. The highest BCUT2D eigenvalue weighted by atomic mass is 16.6. The smallest absolute Gasteiger partial charge is 0.322 e. The summed E-state index contributed by atoms with van der Waals surface area (Å²) in [4.78, 5) is 26.7. The van der Waals surface area contributed by atoms with Crippen LogP contribution in [0.15, 0.2) is 48.5 Å². The van der Waals surface area contributed by atoms with Gasteiger partial charge in [0, 0.05) is 24.2 Å². The zero-order valence-electron chi connectivity index (χ0n) is 14.2. The Bertz CT molecular complexity index is 952. The number of esters is 1. The monoisotopic (exact) mass is 354 g/mol. The zero-order chi connectivity index (χ0) is 18.7. The molecule has 1 heterocycles. The maximum absolute atomic E-state index is 11.5. The second-order valence-electron chi connectivity index (χ2n) is 5.80. The average molecular weight is 354 g/mol. The van der Waals surface area contributed by atoms with Gasteiger partial charge in [-0.05, 0) is 24.6 Å². The van der Waals surface area contributed by atoms with Gasteiger partial charge >= 0.3 is 5.97 Å². The predicted molar refractivity (Wildman–Crippen MR) is 96.0 cm³/mol. The van der Waals surface area contributed by atoms with Crippen LogP contribution in [-0.2, 0) is 16.0 Å². The molecule has 3 rings (SSSR count). The predicted octanol–water partition coefficient (Wildman–Crippen LogP) is 2.37. The number of nitrogens with zero attached hydrogens (tertiary/aromatic N) is 3. The number of hydrogen-bond acceptors (Lipinski definition) is 6. The molecule has 134 valence electrons. The number of carbonyl (C=O) groups excluding carboxylic acids is 1. The number of hydrogen-bond donors (Lipinski definition) is 1. The second kappa shape index (κ2) is 7.32. The molecule has 0 fully saturated rings. The van der Waals surface area contributed by atoms with E-state index in [4.69, 9.17) is 5.73 Å². The summed E-state index contributed by atoms with van der Waals surface area (Å²) in [5, 5.41) is 11.0. The normalized spacial score (nSPS) is 12.1. The molecular weight excluding hydrogens is 336 g/mol. The maximum Gasteiger partial charge on any atom is 0.322 e. The van der Waals surface area contributed by atoms with Crippen molar-refractivity contribution >= 4 is 22.7 Å². The van der Waals surface area contributed by atoms with Crippen LogP contribution >= 0.6 is 0 Å². The van der Waals surface area contributed by atoms with E-state index in [2.05, 4.69) is 9.72 Å². The number of nitro benzene ring substituents is 1. The lowest BCUT2D eigenvalue weighted by molar-refractivity contribution is -0.384. The first-order chi connectivity index (χ1) is 12.5. The first-order valence-electron chi connectivity index (χ1n) is 8.06. The summed E-state index contributed by atoms with van der Waals surface area (Å²) in [6.07, 6.45) is 0.776. The lowest BCUT2D eigenvalue weighted by Crippen LogP contribution is -2.32. The zero-order valence-corrected chi connectivity index (χ0v) is 14.2. The molecule has 0 aliphatic rings. The lowest BCUT2D eigenvalue weighted by Gasteiger charge is -2.11. The molecule has 0 bridgehead atoms. The van der Waals surface area contributed by atoms with Gasteiger partial charge in [-0.25, -0.2) is 4.98 Å². The van der Waals surface area contributed by atoms with Gasteiger partial charge in [-0.15, -0.1) is 0 Å². The minimum atomic E-state index is -0.752. The largest absolute Gasteiger partial charge is 0.468 e. The van der Waals surface area contributed by atoms with Gasteiger partial charge in [0.15, 0.2) is 0 Å². The number of aryl methyl sites for hydroxylation is 1. The minimum absolute atomic E-state index is 0.0203. The minimum Gasteiger partial charge on any atom is -0.468 e. The number of fused-ring (bicyclic) bond motifs is 1. The number of imidazole rings is 1. The number of methoxy groups -OCH3 is 1. The molecule has 2 aromatic carbocycles. The van der Waals surface area contributed by atoms with Gasteiger partial charge in [-0.3, -0.25) is 19.5 Å². The number of nitrogens with two attached hydrogens (primary N) is 1. The molecule has 0 unspecified atom stereocenters. The number of para-hydroxylation sites is 1. The van der Waals surface area contributed by atoms with Gasteiger partial charge in [0.05, 0.1) is 23.1 Å². The fourth-order valence-electron chi connectivity index (χ4n) is 2.82.